The normalized spacial score (nSPS) is 14.2. The van der Waals surface area contributed by atoms with Gasteiger partial charge in [-0.2, -0.15) is 0 Å². The van der Waals surface area contributed by atoms with Gasteiger partial charge in [0.2, 0.25) is 0 Å². The number of halogens is 3. The lowest BCUT2D eigenvalue weighted by Crippen LogP contribution is -2.26. The van der Waals surface area contributed by atoms with Crippen molar-refractivity contribution in [1.82, 2.24) is 0 Å². The van der Waals surface area contributed by atoms with Crippen molar-refractivity contribution in [3.63, 3.8) is 0 Å². The third-order valence-electron chi connectivity index (χ3n) is 1.47. The molecule has 0 N–H and O–H groups in total. The van der Waals surface area contributed by atoms with Crippen molar-refractivity contribution in [2.75, 3.05) is 5.75 Å². The topological polar surface area (TPSA) is 17.1 Å². The standard InChI is InChI=1S/C8H13F3OS/c1-3-7(12)13-5-4-6(9)8(2,10)11/h6H,3-5H2,1-2H3. The Kier molecular flexibility index (Phi) is 5.44. The first-order chi connectivity index (χ1) is 5.88. The Morgan fingerprint density at radius 3 is 2.46 bits per heavy atom. The van der Waals surface area contributed by atoms with Crippen LogP contribution in [0.25, 0.3) is 0 Å². The zero-order chi connectivity index (χ0) is 10.5. The molecule has 0 rings (SSSR count). The Balaban J connectivity index is 3.60. The van der Waals surface area contributed by atoms with Gasteiger partial charge in [-0.3, -0.25) is 4.79 Å². The molecule has 0 saturated heterocycles. The van der Waals surface area contributed by atoms with E-state index < -0.39 is 12.1 Å². The van der Waals surface area contributed by atoms with Gasteiger partial charge < -0.3 is 0 Å². The van der Waals surface area contributed by atoms with Gasteiger partial charge >= 0.3 is 0 Å². The van der Waals surface area contributed by atoms with Gasteiger partial charge in [0.15, 0.2) is 11.3 Å². The summed E-state index contributed by atoms with van der Waals surface area (Å²) < 4.78 is 37.1. The monoisotopic (exact) mass is 214 g/mol. The minimum atomic E-state index is -3.30. The first kappa shape index (κ1) is 12.8. The van der Waals surface area contributed by atoms with Gasteiger partial charge in [-0.05, 0) is 6.42 Å². The Labute approximate surface area is 80.1 Å². The van der Waals surface area contributed by atoms with E-state index in [-0.39, 0.29) is 17.3 Å². The molecule has 0 fully saturated rings. The molecule has 0 aliphatic carbocycles. The van der Waals surface area contributed by atoms with E-state index >= 15 is 0 Å². The zero-order valence-electron chi connectivity index (χ0n) is 7.65. The van der Waals surface area contributed by atoms with Gasteiger partial charge in [-0.25, -0.2) is 13.2 Å². The van der Waals surface area contributed by atoms with Crippen LogP contribution in [0.1, 0.15) is 26.7 Å². The summed E-state index contributed by atoms with van der Waals surface area (Å²) in [6, 6.07) is 0. The quantitative estimate of drug-likeness (QED) is 0.699. The minimum absolute atomic E-state index is 0.0911. The van der Waals surface area contributed by atoms with Crippen molar-refractivity contribution < 1.29 is 18.0 Å². The largest absolute Gasteiger partial charge is 0.287 e. The first-order valence-corrected chi connectivity index (χ1v) is 5.04. The van der Waals surface area contributed by atoms with Gasteiger partial charge in [-0.1, -0.05) is 18.7 Å². The van der Waals surface area contributed by atoms with E-state index in [2.05, 4.69) is 0 Å². The summed E-state index contributed by atoms with van der Waals surface area (Å²) >= 11 is 0.909. The van der Waals surface area contributed by atoms with Gasteiger partial charge in [0.25, 0.3) is 5.92 Å². The summed E-state index contributed by atoms with van der Waals surface area (Å²) in [4.78, 5) is 10.7. The lowest BCUT2D eigenvalue weighted by atomic mass is 10.2. The predicted molar refractivity (Wildman–Crippen MR) is 47.9 cm³/mol. The second-order valence-corrected chi connectivity index (χ2v) is 3.94. The second-order valence-electron chi connectivity index (χ2n) is 2.79. The minimum Gasteiger partial charge on any atom is -0.287 e. The van der Waals surface area contributed by atoms with E-state index in [1.165, 1.54) is 0 Å². The van der Waals surface area contributed by atoms with Crippen LogP contribution in [0.2, 0.25) is 0 Å². The second kappa shape index (κ2) is 5.52. The third kappa shape index (κ3) is 5.96. The maximum atomic E-state index is 12.6. The summed E-state index contributed by atoms with van der Waals surface area (Å²) in [7, 11) is 0. The summed E-state index contributed by atoms with van der Waals surface area (Å²) in [6.07, 6.45) is -2.08. The lowest BCUT2D eigenvalue weighted by Gasteiger charge is -2.14. The lowest BCUT2D eigenvalue weighted by molar-refractivity contribution is -0.110. The predicted octanol–water partition coefficient (Wildman–Crippen LogP) is 3.04. The van der Waals surface area contributed by atoms with Crippen LogP contribution in [0.4, 0.5) is 13.2 Å². The van der Waals surface area contributed by atoms with E-state index in [9.17, 15) is 18.0 Å². The smallest absolute Gasteiger partial charge is 0.275 e. The molecule has 13 heavy (non-hydrogen) atoms. The zero-order valence-corrected chi connectivity index (χ0v) is 8.47. The summed E-state index contributed by atoms with van der Waals surface area (Å²) in [5.74, 6) is -3.17. The molecule has 1 atom stereocenters. The highest BCUT2D eigenvalue weighted by molar-refractivity contribution is 8.13. The molecule has 1 unspecified atom stereocenters. The average Bonchev–Trinajstić information content (AvgIpc) is 2.02. The summed E-state index contributed by atoms with van der Waals surface area (Å²) in [5.41, 5.74) is 0. The van der Waals surface area contributed by atoms with E-state index in [0.717, 1.165) is 11.8 Å². The molecule has 78 valence electrons. The molecule has 0 aromatic carbocycles. The van der Waals surface area contributed by atoms with Gasteiger partial charge in [0.05, 0.1) is 0 Å². The molecule has 0 aromatic rings. The number of thioether (sulfide) groups is 1. The molecule has 0 aliphatic heterocycles. The van der Waals surface area contributed by atoms with Crippen molar-refractivity contribution in [2.24, 2.45) is 0 Å². The number of hydrogen-bond acceptors (Lipinski definition) is 2. The molecular formula is C8H13F3OS. The molecule has 0 spiro atoms. The number of hydrogen-bond donors (Lipinski definition) is 0. The van der Waals surface area contributed by atoms with Gasteiger partial charge in [-0.15, -0.1) is 0 Å². The molecule has 0 bridgehead atoms. The van der Waals surface area contributed by atoms with E-state index in [4.69, 9.17) is 0 Å². The summed E-state index contributed by atoms with van der Waals surface area (Å²) in [6.45, 7) is 2.22. The van der Waals surface area contributed by atoms with E-state index in [0.29, 0.717) is 13.3 Å². The molecule has 0 radical (unpaired) electrons. The van der Waals surface area contributed by atoms with E-state index in [1.807, 2.05) is 0 Å². The number of carbonyl (C=O) groups excluding carboxylic acids is 1. The summed E-state index contributed by atoms with van der Waals surface area (Å²) in [5, 5.41) is -0.0911. The van der Waals surface area contributed by atoms with Gasteiger partial charge in [0, 0.05) is 19.1 Å². The molecule has 5 heteroatoms. The van der Waals surface area contributed by atoms with Crippen LogP contribution < -0.4 is 0 Å². The highest BCUT2D eigenvalue weighted by Crippen LogP contribution is 2.24. The van der Waals surface area contributed by atoms with Crippen molar-refractivity contribution in [2.45, 2.75) is 38.8 Å². The molecule has 0 heterocycles. The first-order valence-electron chi connectivity index (χ1n) is 4.05. The van der Waals surface area contributed by atoms with Crippen LogP contribution in [-0.2, 0) is 4.79 Å². The number of carbonyl (C=O) groups is 1. The van der Waals surface area contributed by atoms with Crippen molar-refractivity contribution in [1.29, 1.82) is 0 Å². The van der Waals surface area contributed by atoms with Crippen LogP contribution in [0.15, 0.2) is 0 Å². The highest BCUT2D eigenvalue weighted by Gasteiger charge is 2.33. The third-order valence-corrected chi connectivity index (χ3v) is 2.52. The average molecular weight is 214 g/mol. The van der Waals surface area contributed by atoms with Crippen LogP contribution in [-0.4, -0.2) is 23.0 Å². The molecular weight excluding hydrogens is 201 g/mol. The van der Waals surface area contributed by atoms with Crippen molar-refractivity contribution in [3.05, 3.63) is 0 Å². The maximum absolute atomic E-state index is 12.6. The number of alkyl halides is 3. The SMILES string of the molecule is CCC(=O)SCCC(F)C(C)(F)F. The Hall–Kier alpha value is -0.190. The van der Waals surface area contributed by atoms with E-state index in [1.54, 1.807) is 6.92 Å². The Bertz CT molecular complexity index is 167. The fourth-order valence-corrected chi connectivity index (χ4v) is 1.39. The van der Waals surface area contributed by atoms with Crippen LogP contribution >= 0.6 is 11.8 Å². The Morgan fingerprint density at radius 1 is 1.54 bits per heavy atom. The fraction of sp³-hybridized carbons (Fsp3) is 0.875. The maximum Gasteiger partial charge on any atom is 0.275 e. The Morgan fingerprint density at radius 2 is 2.08 bits per heavy atom. The number of rotatable bonds is 5. The van der Waals surface area contributed by atoms with Crippen molar-refractivity contribution >= 4 is 16.9 Å². The van der Waals surface area contributed by atoms with Crippen LogP contribution in [0, 0.1) is 0 Å². The van der Waals surface area contributed by atoms with Crippen LogP contribution in [0.3, 0.4) is 0 Å². The fourth-order valence-electron chi connectivity index (χ4n) is 0.632. The highest BCUT2D eigenvalue weighted by atomic mass is 32.2. The molecule has 0 aliphatic rings. The molecule has 0 aromatic heterocycles. The van der Waals surface area contributed by atoms with Crippen molar-refractivity contribution in [3.8, 4) is 0 Å². The molecule has 1 nitrogen and oxygen atoms in total. The molecule has 0 amide bonds. The van der Waals surface area contributed by atoms with Gasteiger partial charge in [0.1, 0.15) is 0 Å². The molecule has 0 saturated carbocycles. The van der Waals surface area contributed by atoms with Crippen LogP contribution in [0.5, 0.6) is 0 Å².